The molecule has 0 radical (unpaired) electrons. The molecule has 0 spiro atoms. The molecule has 1 aliphatic heterocycles. The molecule has 10 heteroatoms. The Morgan fingerprint density at radius 3 is 1.94 bits per heavy atom. The minimum Gasteiger partial charge on any atom is -0.480 e. The van der Waals surface area contributed by atoms with E-state index >= 15 is 0 Å². The summed E-state index contributed by atoms with van der Waals surface area (Å²) in [5.74, 6) is -1.79. The predicted molar refractivity (Wildman–Crippen MR) is 136 cm³/mol. The fraction of sp³-hybridized carbons (Fsp3) is 0.385. The molecule has 2 aromatic carbocycles. The fourth-order valence-electron chi connectivity index (χ4n) is 4.22. The number of amides is 2. The smallest absolute Gasteiger partial charge is 0.317 e. The van der Waals surface area contributed by atoms with Crippen molar-refractivity contribution in [3.05, 3.63) is 71.8 Å². The highest BCUT2D eigenvalue weighted by atomic mass is 16.4. The van der Waals surface area contributed by atoms with Crippen LogP contribution in [0.4, 0.5) is 0 Å². The maximum Gasteiger partial charge on any atom is 0.317 e. The lowest BCUT2D eigenvalue weighted by atomic mass is 10.0. The van der Waals surface area contributed by atoms with Crippen molar-refractivity contribution >= 4 is 23.7 Å². The molecule has 2 aromatic rings. The van der Waals surface area contributed by atoms with E-state index in [-0.39, 0.29) is 30.9 Å². The average molecular weight is 495 g/mol. The van der Waals surface area contributed by atoms with Gasteiger partial charge < -0.3 is 26.4 Å². The maximum absolute atomic E-state index is 13.3. The second kappa shape index (κ2) is 13.2. The van der Waals surface area contributed by atoms with Crippen LogP contribution in [0.3, 0.4) is 0 Å². The van der Waals surface area contributed by atoms with Crippen LogP contribution in [0.2, 0.25) is 0 Å². The molecule has 0 saturated carbocycles. The molecule has 10 nitrogen and oxygen atoms in total. The number of hydrogen-bond acceptors (Lipinski definition) is 5. The number of rotatable bonds is 11. The van der Waals surface area contributed by atoms with Crippen molar-refractivity contribution in [3.63, 3.8) is 0 Å². The number of nitrogens with zero attached hydrogens (tertiary/aromatic N) is 1. The van der Waals surface area contributed by atoms with Crippen molar-refractivity contribution in [3.8, 4) is 0 Å². The summed E-state index contributed by atoms with van der Waals surface area (Å²) in [6.07, 6.45) is 1.87. The highest BCUT2D eigenvalue weighted by molar-refractivity contribution is 5.90. The van der Waals surface area contributed by atoms with E-state index in [0.29, 0.717) is 32.4 Å². The number of nitrogens with one attached hydrogen (secondary N) is 4. The van der Waals surface area contributed by atoms with Crippen LogP contribution in [-0.4, -0.2) is 71.5 Å². The largest absolute Gasteiger partial charge is 0.480 e. The zero-order valence-electron chi connectivity index (χ0n) is 20.2. The predicted octanol–water partition coefficient (Wildman–Crippen LogP) is 0.473. The Labute approximate surface area is 210 Å². The first-order valence-electron chi connectivity index (χ1n) is 12.0. The number of aliphatic carboxylic acids is 1. The molecule has 192 valence electrons. The number of carbonyl (C=O) groups excluding carboxylic acids is 2. The SMILES string of the molecule is N=C(N)N1CCC(NC(=O)[C@H](Cc2ccccc2)NC(=O)[C@@H](Cc2ccccc2)NCC(=O)O)CC1. The molecule has 2 atom stereocenters. The topological polar surface area (TPSA) is 161 Å². The van der Waals surface area contributed by atoms with Gasteiger partial charge in [0.2, 0.25) is 11.8 Å². The summed E-state index contributed by atoms with van der Waals surface area (Å²) >= 11 is 0. The van der Waals surface area contributed by atoms with Gasteiger partial charge in [-0.1, -0.05) is 60.7 Å². The number of guanidine groups is 1. The molecule has 1 heterocycles. The lowest BCUT2D eigenvalue weighted by Gasteiger charge is -2.33. The Kier molecular flexibility index (Phi) is 9.82. The van der Waals surface area contributed by atoms with E-state index < -0.39 is 24.0 Å². The van der Waals surface area contributed by atoms with Crippen molar-refractivity contribution in [2.45, 2.75) is 43.8 Å². The lowest BCUT2D eigenvalue weighted by molar-refractivity contribution is -0.136. The second-order valence-corrected chi connectivity index (χ2v) is 8.92. The van der Waals surface area contributed by atoms with Crippen molar-refractivity contribution in [2.24, 2.45) is 5.73 Å². The first-order valence-corrected chi connectivity index (χ1v) is 12.0. The summed E-state index contributed by atoms with van der Waals surface area (Å²) in [5, 5.41) is 25.4. The van der Waals surface area contributed by atoms with Gasteiger partial charge in [-0.3, -0.25) is 25.1 Å². The molecule has 0 unspecified atom stereocenters. The molecule has 0 aliphatic carbocycles. The number of piperidine rings is 1. The van der Waals surface area contributed by atoms with Crippen LogP contribution in [0.5, 0.6) is 0 Å². The molecule has 1 saturated heterocycles. The van der Waals surface area contributed by atoms with Crippen molar-refractivity contribution < 1.29 is 19.5 Å². The van der Waals surface area contributed by atoms with E-state index in [4.69, 9.17) is 16.2 Å². The third-order valence-electron chi connectivity index (χ3n) is 6.20. The minimum absolute atomic E-state index is 0.0207. The summed E-state index contributed by atoms with van der Waals surface area (Å²) in [6.45, 7) is 0.775. The van der Waals surface area contributed by atoms with Gasteiger partial charge in [-0.2, -0.15) is 0 Å². The highest BCUT2D eigenvalue weighted by Gasteiger charge is 2.29. The van der Waals surface area contributed by atoms with Gasteiger partial charge in [0.15, 0.2) is 5.96 Å². The fourth-order valence-corrected chi connectivity index (χ4v) is 4.22. The van der Waals surface area contributed by atoms with Crippen molar-refractivity contribution in [2.75, 3.05) is 19.6 Å². The summed E-state index contributed by atoms with van der Waals surface area (Å²) in [6, 6.07) is 17.0. The summed E-state index contributed by atoms with van der Waals surface area (Å²) in [5.41, 5.74) is 7.32. The first kappa shape index (κ1) is 26.7. The van der Waals surface area contributed by atoms with E-state index in [9.17, 15) is 14.4 Å². The van der Waals surface area contributed by atoms with Gasteiger partial charge in [-0.05, 0) is 30.4 Å². The highest BCUT2D eigenvalue weighted by Crippen LogP contribution is 2.12. The number of hydrogen-bond donors (Lipinski definition) is 6. The van der Waals surface area contributed by atoms with Gasteiger partial charge in [-0.15, -0.1) is 0 Å². The molecule has 0 aromatic heterocycles. The monoisotopic (exact) mass is 494 g/mol. The first-order chi connectivity index (χ1) is 17.3. The van der Waals surface area contributed by atoms with Gasteiger partial charge in [0, 0.05) is 25.6 Å². The van der Waals surface area contributed by atoms with E-state index in [2.05, 4.69) is 16.0 Å². The Hall–Kier alpha value is -3.92. The van der Waals surface area contributed by atoms with E-state index in [0.717, 1.165) is 11.1 Å². The number of nitrogens with two attached hydrogens (primary N) is 1. The molecule has 1 aliphatic rings. The Morgan fingerprint density at radius 2 is 1.44 bits per heavy atom. The van der Waals surface area contributed by atoms with Crippen LogP contribution in [0.25, 0.3) is 0 Å². The van der Waals surface area contributed by atoms with Crippen LogP contribution >= 0.6 is 0 Å². The van der Waals surface area contributed by atoms with Gasteiger partial charge in [-0.25, -0.2) is 0 Å². The number of likely N-dealkylation sites (tertiary alicyclic amines) is 1. The normalized spacial score (nSPS) is 15.5. The quantitative estimate of drug-likeness (QED) is 0.196. The zero-order valence-corrected chi connectivity index (χ0v) is 20.2. The minimum atomic E-state index is -1.07. The molecule has 2 amide bonds. The number of carbonyl (C=O) groups is 3. The van der Waals surface area contributed by atoms with Crippen molar-refractivity contribution in [1.29, 1.82) is 5.41 Å². The summed E-state index contributed by atoms with van der Waals surface area (Å²) < 4.78 is 0. The third-order valence-corrected chi connectivity index (χ3v) is 6.20. The van der Waals surface area contributed by atoms with Gasteiger partial charge >= 0.3 is 5.97 Å². The van der Waals surface area contributed by atoms with Crippen LogP contribution < -0.4 is 21.7 Å². The van der Waals surface area contributed by atoms with E-state index in [1.165, 1.54) is 0 Å². The van der Waals surface area contributed by atoms with Crippen LogP contribution in [0, 0.1) is 5.41 Å². The van der Waals surface area contributed by atoms with Crippen LogP contribution in [0.15, 0.2) is 60.7 Å². The standard InChI is InChI=1S/C26H34N6O4/c27-26(28)32-13-11-20(12-14-32)30-25(36)22(16-19-9-5-2-6-10-19)31-24(35)21(29-17-23(33)34)15-18-7-3-1-4-8-18/h1-10,20-22,29H,11-17H2,(H3,27,28)(H,30,36)(H,31,35)(H,33,34)/t21-,22+/m1/s1. The Morgan fingerprint density at radius 1 is 0.917 bits per heavy atom. The lowest BCUT2D eigenvalue weighted by Crippen LogP contribution is -2.57. The average Bonchev–Trinajstić information content (AvgIpc) is 2.87. The van der Waals surface area contributed by atoms with Crippen LogP contribution in [0.1, 0.15) is 24.0 Å². The van der Waals surface area contributed by atoms with E-state index in [1.807, 2.05) is 60.7 Å². The van der Waals surface area contributed by atoms with Gasteiger partial charge in [0.05, 0.1) is 12.6 Å². The van der Waals surface area contributed by atoms with Crippen molar-refractivity contribution in [1.82, 2.24) is 20.9 Å². The van der Waals surface area contributed by atoms with Gasteiger partial charge in [0.1, 0.15) is 6.04 Å². The van der Waals surface area contributed by atoms with E-state index in [1.54, 1.807) is 4.90 Å². The number of benzene rings is 2. The Bertz CT molecular complexity index is 1030. The Balaban J connectivity index is 1.71. The zero-order chi connectivity index (χ0) is 25.9. The summed E-state index contributed by atoms with van der Waals surface area (Å²) in [7, 11) is 0. The molecule has 36 heavy (non-hydrogen) atoms. The molecule has 1 fully saturated rings. The maximum atomic E-state index is 13.3. The number of carboxylic acid groups (broad SMARTS) is 1. The van der Waals surface area contributed by atoms with Crippen LogP contribution in [-0.2, 0) is 27.2 Å². The molecular weight excluding hydrogens is 460 g/mol. The molecular formula is C26H34N6O4. The third kappa shape index (κ3) is 8.38. The summed E-state index contributed by atoms with van der Waals surface area (Å²) in [4.78, 5) is 39.5. The molecule has 3 rings (SSSR count). The molecule has 7 N–H and O–H groups in total. The van der Waals surface area contributed by atoms with Gasteiger partial charge in [0.25, 0.3) is 0 Å². The molecule has 0 bridgehead atoms. The second-order valence-electron chi connectivity index (χ2n) is 8.92. The number of carboxylic acids is 1.